The summed E-state index contributed by atoms with van der Waals surface area (Å²) in [4.78, 5) is 27.4. The van der Waals surface area contributed by atoms with Gasteiger partial charge in [-0.2, -0.15) is 0 Å². The number of aromatic nitrogens is 1. The van der Waals surface area contributed by atoms with Crippen molar-refractivity contribution in [2.45, 2.75) is 18.9 Å². The number of carbonyl (C=O) groups excluding carboxylic acids is 2. The monoisotopic (exact) mass is 313 g/mol. The molecule has 4 heterocycles. The van der Waals surface area contributed by atoms with E-state index < -0.39 is 11.7 Å². The summed E-state index contributed by atoms with van der Waals surface area (Å²) in [6, 6.07) is 7.79. The molecular weight excluding hydrogens is 292 g/mol. The lowest BCUT2D eigenvalue weighted by atomic mass is 10.0. The van der Waals surface area contributed by atoms with Crippen LogP contribution < -0.4 is 5.32 Å². The van der Waals surface area contributed by atoms with Crippen molar-refractivity contribution >= 4 is 22.6 Å². The normalized spacial score (nSPS) is 26.4. The van der Waals surface area contributed by atoms with Crippen molar-refractivity contribution in [3.05, 3.63) is 36.0 Å². The smallest absolute Gasteiger partial charge is 0.292 e. The molecule has 1 aromatic carbocycles. The Kier molecular flexibility index (Phi) is 3.45. The van der Waals surface area contributed by atoms with Crippen LogP contribution in [0.4, 0.5) is 0 Å². The molecule has 0 unspecified atom stereocenters. The maximum atomic E-state index is 12.6. The van der Waals surface area contributed by atoms with E-state index in [0.29, 0.717) is 11.5 Å². The number of fused-ring (bicyclic) bond motifs is 4. The van der Waals surface area contributed by atoms with E-state index in [1.807, 2.05) is 35.9 Å². The second-order valence-electron chi connectivity index (χ2n) is 6.72. The van der Waals surface area contributed by atoms with Gasteiger partial charge in [-0.15, -0.1) is 0 Å². The van der Waals surface area contributed by atoms with Gasteiger partial charge >= 0.3 is 0 Å². The summed E-state index contributed by atoms with van der Waals surface area (Å²) >= 11 is 0. The predicted molar refractivity (Wildman–Crippen MR) is 88.3 cm³/mol. The summed E-state index contributed by atoms with van der Waals surface area (Å²) < 4.78 is 1.89. The number of benzene rings is 1. The van der Waals surface area contributed by atoms with Gasteiger partial charge < -0.3 is 14.8 Å². The summed E-state index contributed by atoms with van der Waals surface area (Å²) in [5, 5.41) is 3.82. The number of piperidine rings is 3. The Morgan fingerprint density at radius 2 is 1.96 bits per heavy atom. The minimum absolute atomic E-state index is 0.115. The van der Waals surface area contributed by atoms with Crippen LogP contribution in [0.1, 0.15) is 23.2 Å². The van der Waals surface area contributed by atoms with Crippen molar-refractivity contribution < 1.29 is 9.59 Å². The van der Waals surface area contributed by atoms with Crippen LogP contribution in [0.3, 0.4) is 0 Å². The Labute approximate surface area is 135 Å². The molecule has 1 N–H and O–H groups in total. The first-order valence-electron chi connectivity index (χ1n) is 8.25. The Morgan fingerprint density at radius 1 is 1.22 bits per heavy atom. The molecule has 1 atom stereocenters. The molecular formula is C18H21N3O2. The zero-order chi connectivity index (χ0) is 16.0. The summed E-state index contributed by atoms with van der Waals surface area (Å²) in [7, 11) is 1.89. The molecule has 0 aliphatic carbocycles. The van der Waals surface area contributed by atoms with Crippen LogP contribution in [0.25, 0.3) is 10.9 Å². The van der Waals surface area contributed by atoms with Gasteiger partial charge in [0, 0.05) is 36.7 Å². The number of para-hydroxylation sites is 1. The molecule has 5 nitrogen and oxygen atoms in total. The minimum atomic E-state index is -0.472. The summed E-state index contributed by atoms with van der Waals surface area (Å²) in [5.41, 5.74) is 1.45. The Bertz CT molecular complexity index is 772. The molecule has 3 saturated heterocycles. The average Bonchev–Trinajstić information content (AvgIpc) is 2.92. The summed E-state index contributed by atoms with van der Waals surface area (Å²) in [6.07, 6.45) is 3.99. The zero-order valence-corrected chi connectivity index (χ0v) is 13.3. The third kappa shape index (κ3) is 2.45. The first-order valence-corrected chi connectivity index (χ1v) is 8.25. The lowest BCUT2D eigenvalue weighted by molar-refractivity contribution is -0.119. The molecule has 0 saturated carbocycles. The molecule has 3 aliphatic rings. The first kappa shape index (κ1) is 14.5. The molecule has 3 fully saturated rings. The molecule has 1 amide bonds. The number of ketones is 1. The number of amides is 1. The summed E-state index contributed by atoms with van der Waals surface area (Å²) in [6.45, 7) is 3.11. The quantitative estimate of drug-likeness (QED) is 0.691. The number of hydrogen-bond donors (Lipinski definition) is 1. The van der Waals surface area contributed by atoms with Crippen LogP contribution in [0.2, 0.25) is 0 Å². The highest BCUT2D eigenvalue weighted by molar-refractivity contribution is 6.45. The number of hydrogen-bond acceptors (Lipinski definition) is 3. The fraction of sp³-hybridized carbons (Fsp3) is 0.444. The lowest BCUT2D eigenvalue weighted by Crippen LogP contribution is -2.58. The molecule has 5 rings (SSSR count). The fourth-order valence-corrected chi connectivity index (χ4v) is 4.01. The molecule has 0 radical (unpaired) electrons. The van der Waals surface area contributed by atoms with E-state index in [1.165, 1.54) is 0 Å². The van der Waals surface area contributed by atoms with Gasteiger partial charge in [-0.05, 0) is 37.9 Å². The first-order chi connectivity index (χ1) is 11.1. The van der Waals surface area contributed by atoms with Crippen molar-refractivity contribution in [1.29, 1.82) is 0 Å². The van der Waals surface area contributed by atoms with Gasteiger partial charge in [0.25, 0.3) is 11.7 Å². The second-order valence-corrected chi connectivity index (χ2v) is 6.72. The molecule has 0 spiro atoms. The highest BCUT2D eigenvalue weighted by atomic mass is 16.2. The van der Waals surface area contributed by atoms with E-state index in [1.54, 1.807) is 6.20 Å². The molecule has 23 heavy (non-hydrogen) atoms. The van der Waals surface area contributed by atoms with Crippen molar-refractivity contribution in [1.82, 2.24) is 14.8 Å². The van der Waals surface area contributed by atoms with Gasteiger partial charge in [0.2, 0.25) is 0 Å². The van der Waals surface area contributed by atoms with Gasteiger partial charge in [0.1, 0.15) is 0 Å². The van der Waals surface area contributed by atoms with Crippen molar-refractivity contribution in [3.63, 3.8) is 0 Å². The van der Waals surface area contributed by atoms with Crippen LogP contribution in [0, 0.1) is 5.92 Å². The summed E-state index contributed by atoms with van der Waals surface area (Å²) in [5.74, 6) is -0.386. The van der Waals surface area contributed by atoms with E-state index >= 15 is 0 Å². The third-order valence-electron chi connectivity index (χ3n) is 5.32. The van der Waals surface area contributed by atoms with Gasteiger partial charge in [0.15, 0.2) is 0 Å². The van der Waals surface area contributed by atoms with Crippen LogP contribution >= 0.6 is 0 Å². The molecule has 2 aromatic rings. The van der Waals surface area contributed by atoms with Crippen molar-refractivity contribution in [2.75, 3.05) is 19.6 Å². The van der Waals surface area contributed by atoms with Crippen LogP contribution in [-0.4, -0.2) is 46.8 Å². The zero-order valence-electron chi connectivity index (χ0n) is 13.3. The van der Waals surface area contributed by atoms with Gasteiger partial charge in [-0.3, -0.25) is 9.59 Å². The van der Waals surface area contributed by atoms with E-state index in [2.05, 4.69) is 10.2 Å². The molecule has 2 bridgehead atoms. The van der Waals surface area contributed by atoms with E-state index in [0.717, 1.165) is 43.4 Å². The number of rotatable bonds is 3. The van der Waals surface area contributed by atoms with Crippen LogP contribution in [-0.2, 0) is 11.8 Å². The predicted octanol–water partition coefficient (Wildman–Crippen LogP) is 1.57. The maximum Gasteiger partial charge on any atom is 0.292 e. The molecule has 3 aliphatic heterocycles. The third-order valence-corrected chi connectivity index (χ3v) is 5.32. The van der Waals surface area contributed by atoms with E-state index in [9.17, 15) is 9.59 Å². The molecule has 120 valence electrons. The Hall–Kier alpha value is -2.14. The highest BCUT2D eigenvalue weighted by Crippen LogP contribution is 2.27. The fourth-order valence-electron chi connectivity index (χ4n) is 4.01. The number of aryl methyl sites for hydroxylation is 1. The Balaban J connectivity index is 1.55. The number of nitrogens with one attached hydrogen (secondary N) is 1. The average molecular weight is 313 g/mol. The van der Waals surface area contributed by atoms with E-state index in [-0.39, 0.29) is 6.04 Å². The number of nitrogens with zero attached hydrogens (tertiary/aromatic N) is 2. The van der Waals surface area contributed by atoms with E-state index in [4.69, 9.17) is 0 Å². The standard InChI is InChI=1S/C18H21N3O2/c1-20-10-14(13-4-2-3-5-16(13)20)17(22)18(23)19-15-11-21-8-6-12(15)7-9-21/h2-5,10,12,15H,6-9,11H2,1H3,(H,19,23)/t15-/m0/s1/i15+2. The number of Topliss-reactive ketones (excluding diaryl/α,β-unsaturated/α-hetero) is 1. The number of carbonyl (C=O) groups is 2. The van der Waals surface area contributed by atoms with Crippen LogP contribution in [0.5, 0.6) is 0 Å². The van der Waals surface area contributed by atoms with Gasteiger partial charge in [-0.25, -0.2) is 0 Å². The minimum Gasteiger partial charge on any atom is -0.350 e. The van der Waals surface area contributed by atoms with Crippen molar-refractivity contribution in [3.8, 4) is 0 Å². The molecule has 5 heteroatoms. The second kappa shape index (κ2) is 5.49. The topological polar surface area (TPSA) is 54.3 Å². The Morgan fingerprint density at radius 3 is 2.65 bits per heavy atom. The van der Waals surface area contributed by atoms with Crippen LogP contribution in [0.15, 0.2) is 30.5 Å². The lowest BCUT2D eigenvalue weighted by Gasteiger charge is -2.44. The van der Waals surface area contributed by atoms with Crippen molar-refractivity contribution in [2.24, 2.45) is 13.0 Å². The van der Waals surface area contributed by atoms with Gasteiger partial charge in [-0.1, -0.05) is 18.2 Å². The maximum absolute atomic E-state index is 12.6. The molecule has 1 aromatic heterocycles. The van der Waals surface area contributed by atoms with Gasteiger partial charge in [0.05, 0.1) is 5.56 Å². The largest absolute Gasteiger partial charge is 0.350 e. The SMILES string of the molecule is Cn1cc(C(=O)C(=O)N[14C@H]2CN3CCC2CC3)c2ccccc21. The highest BCUT2D eigenvalue weighted by Gasteiger charge is 2.36.